The number of aryl methyl sites for hydroxylation is 1. The fourth-order valence-electron chi connectivity index (χ4n) is 4.25. The molecule has 166 valence electrons. The van der Waals surface area contributed by atoms with E-state index in [2.05, 4.69) is 0 Å². The van der Waals surface area contributed by atoms with Crippen molar-refractivity contribution in [1.29, 1.82) is 0 Å². The van der Waals surface area contributed by atoms with Gasteiger partial charge in [0.15, 0.2) is 22.5 Å². The van der Waals surface area contributed by atoms with Crippen molar-refractivity contribution in [3.05, 3.63) is 29.8 Å². The van der Waals surface area contributed by atoms with E-state index in [1.165, 1.54) is 0 Å². The molecule has 1 heterocycles. The van der Waals surface area contributed by atoms with Crippen LogP contribution in [0.5, 0.6) is 5.75 Å². The van der Waals surface area contributed by atoms with E-state index in [0.29, 0.717) is 12.2 Å². The highest BCUT2D eigenvalue weighted by atomic mass is 32.2. The van der Waals surface area contributed by atoms with Crippen LogP contribution < -0.4 is 4.74 Å². The Morgan fingerprint density at radius 3 is 2.33 bits per heavy atom. The van der Waals surface area contributed by atoms with Crippen molar-refractivity contribution in [3.63, 3.8) is 0 Å². The third-order valence-corrected chi connectivity index (χ3v) is 7.61. The lowest BCUT2D eigenvalue weighted by molar-refractivity contribution is -0.159. The van der Waals surface area contributed by atoms with E-state index in [1.54, 1.807) is 24.0 Å². The van der Waals surface area contributed by atoms with Crippen LogP contribution in [0.3, 0.4) is 0 Å². The van der Waals surface area contributed by atoms with Crippen LogP contribution in [-0.2, 0) is 24.2 Å². The second kappa shape index (κ2) is 9.81. The second-order valence-corrected chi connectivity index (χ2v) is 10.6. The number of esters is 1. The smallest absolute Gasteiger partial charge is 0.347 e. The maximum absolute atomic E-state index is 13.0. The van der Waals surface area contributed by atoms with E-state index < -0.39 is 28.5 Å². The number of nitrogens with zero attached hydrogens (tertiary/aromatic N) is 1. The summed E-state index contributed by atoms with van der Waals surface area (Å²) in [6.07, 6.45) is 4.50. The molecule has 0 bridgehead atoms. The zero-order valence-electron chi connectivity index (χ0n) is 17.7. The van der Waals surface area contributed by atoms with Gasteiger partial charge in [0.1, 0.15) is 5.75 Å². The number of benzene rings is 1. The molecule has 1 aliphatic carbocycles. The lowest BCUT2D eigenvalue weighted by atomic mass is 9.93. The average Bonchev–Trinajstić information content (AvgIpc) is 3.08. The minimum absolute atomic E-state index is 0.00385. The molecule has 1 saturated carbocycles. The monoisotopic (exact) mass is 437 g/mol. The minimum Gasteiger partial charge on any atom is -0.479 e. The molecule has 1 saturated heterocycles. The van der Waals surface area contributed by atoms with Crippen LogP contribution >= 0.6 is 0 Å². The summed E-state index contributed by atoms with van der Waals surface area (Å²) in [6.45, 7) is 3.14. The number of carbonyl (C=O) groups is 2. The first kappa shape index (κ1) is 22.6. The van der Waals surface area contributed by atoms with E-state index in [4.69, 9.17) is 9.47 Å². The zero-order valence-corrected chi connectivity index (χ0v) is 18.5. The molecule has 30 heavy (non-hydrogen) atoms. The molecule has 0 radical (unpaired) electrons. The Hall–Kier alpha value is -2.09. The molecule has 2 aliphatic rings. The standard InChI is InChI=1S/C22H31NO6S/c1-16-8-10-20(11-9-16)29-17(2)22(25)28-14-21(24)23(18-6-4-3-5-7-18)19-12-13-30(26,27)15-19/h8-11,17-19H,3-7,12-15H2,1-2H3. The Bertz CT molecular complexity index is 845. The molecule has 2 fully saturated rings. The highest BCUT2D eigenvalue weighted by Crippen LogP contribution is 2.28. The largest absolute Gasteiger partial charge is 0.479 e. The van der Waals surface area contributed by atoms with Crippen molar-refractivity contribution in [3.8, 4) is 5.75 Å². The van der Waals surface area contributed by atoms with Crippen molar-refractivity contribution in [2.24, 2.45) is 0 Å². The number of sulfone groups is 1. The first-order chi connectivity index (χ1) is 14.2. The Kier molecular flexibility index (Phi) is 7.39. The number of amides is 1. The molecule has 1 aliphatic heterocycles. The van der Waals surface area contributed by atoms with E-state index in [9.17, 15) is 18.0 Å². The highest BCUT2D eigenvalue weighted by molar-refractivity contribution is 7.91. The lowest BCUT2D eigenvalue weighted by Crippen LogP contribution is -2.50. The summed E-state index contributed by atoms with van der Waals surface area (Å²) in [5, 5.41) is 0. The van der Waals surface area contributed by atoms with Gasteiger partial charge in [0, 0.05) is 12.1 Å². The number of hydrogen-bond donors (Lipinski definition) is 0. The average molecular weight is 438 g/mol. The molecule has 0 spiro atoms. The molecular formula is C22H31NO6S. The lowest BCUT2D eigenvalue weighted by Gasteiger charge is -2.38. The Morgan fingerprint density at radius 2 is 1.73 bits per heavy atom. The van der Waals surface area contributed by atoms with Gasteiger partial charge in [-0.15, -0.1) is 0 Å². The third-order valence-electron chi connectivity index (χ3n) is 5.86. The molecule has 8 heteroatoms. The highest BCUT2D eigenvalue weighted by Gasteiger charge is 2.38. The predicted octanol–water partition coefficient (Wildman–Crippen LogP) is 2.65. The van der Waals surface area contributed by atoms with Crippen LogP contribution in [0.2, 0.25) is 0 Å². The molecule has 1 amide bonds. The van der Waals surface area contributed by atoms with Crippen molar-refractivity contribution >= 4 is 21.7 Å². The molecule has 2 atom stereocenters. The summed E-state index contributed by atoms with van der Waals surface area (Å²) >= 11 is 0. The molecule has 0 aromatic heterocycles. The summed E-state index contributed by atoms with van der Waals surface area (Å²) in [4.78, 5) is 27.0. The van der Waals surface area contributed by atoms with Crippen LogP contribution in [0.1, 0.15) is 51.0 Å². The SMILES string of the molecule is Cc1ccc(OC(C)C(=O)OCC(=O)N(C2CCCCC2)C2CCS(=O)(=O)C2)cc1. The van der Waals surface area contributed by atoms with Crippen LogP contribution in [0.15, 0.2) is 24.3 Å². The minimum atomic E-state index is -3.12. The van der Waals surface area contributed by atoms with Crippen LogP contribution in [-0.4, -0.2) is 61.5 Å². The first-order valence-electron chi connectivity index (χ1n) is 10.7. The first-order valence-corrected chi connectivity index (χ1v) is 12.5. The van der Waals surface area contributed by atoms with Gasteiger partial charge in [-0.2, -0.15) is 0 Å². The molecule has 3 rings (SSSR count). The van der Waals surface area contributed by atoms with Gasteiger partial charge in [0.25, 0.3) is 5.91 Å². The zero-order chi connectivity index (χ0) is 21.7. The normalized spacial score (nSPS) is 22.3. The predicted molar refractivity (Wildman–Crippen MR) is 113 cm³/mol. The van der Waals surface area contributed by atoms with Gasteiger partial charge in [0.2, 0.25) is 0 Å². The summed E-state index contributed by atoms with van der Waals surface area (Å²) in [6, 6.07) is 7.00. The van der Waals surface area contributed by atoms with Gasteiger partial charge in [-0.1, -0.05) is 37.0 Å². The van der Waals surface area contributed by atoms with E-state index in [1.807, 2.05) is 19.1 Å². The van der Waals surface area contributed by atoms with Crippen LogP contribution in [0, 0.1) is 6.92 Å². The van der Waals surface area contributed by atoms with Gasteiger partial charge in [-0.3, -0.25) is 4.79 Å². The fourth-order valence-corrected chi connectivity index (χ4v) is 5.96. The Labute approximate surface area is 178 Å². The number of carbonyl (C=O) groups excluding carboxylic acids is 2. The molecular weight excluding hydrogens is 406 g/mol. The van der Waals surface area contributed by atoms with Gasteiger partial charge in [-0.05, 0) is 45.2 Å². The fraction of sp³-hybridized carbons (Fsp3) is 0.636. The van der Waals surface area contributed by atoms with Crippen molar-refractivity contribution in [2.45, 2.75) is 70.6 Å². The van der Waals surface area contributed by atoms with Crippen LogP contribution in [0.4, 0.5) is 0 Å². The molecule has 1 aromatic carbocycles. The Balaban J connectivity index is 1.59. The molecule has 2 unspecified atom stereocenters. The summed E-state index contributed by atoms with van der Waals surface area (Å²) in [5.74, 6) is -0.284. The van der Waals surface area contributed by atoms with Gasteiger partial charge >= 0.3 is 5.97 Å². The molecule has 1 aromatic rings. The second-order valence-electron chi connectivity index (χ2n) is 8.33. The van der Waals surface area contributed by atoms with Gasteiger partial charge in [0.05, 0.1) is 11.5 Å². The molecule has 0 N–H and O–H groups in total. The van der Waals surface area contributed by atoms with Crippen LogP contribution in [0.25, 0.3) is 0 Å². The number of rotatable bonds is 7. The van der Waals surface area contributed by atoms with Crippen molar-refractivity contribution in [1.82, 2.24) is 4.90 Å². The van der Waals surface area contributed by atoms with E-state index >= 15 is 0 Å². The van der Waals surface area contributed by atoms with Gasteiger partial charge in [-0.25, -0.2) is 13.2 Å². The van der Waals surface area contributed by atoms with Gasteiger partial charge < -0.3 is 14.4 Å². The topological polar surface area (TPSA) is 90.0 Å². The number of hydrogen-bond acceptors (Lipinski definition) is 6. The number of ether oxygens (including phenoxy) is 2. The maximum atomic E-state index is 13.0. The third kappa shape index (κ3) is 5.97. The van der Waals surface area contributed by atoms with Crippen molar-refractivity contribution in [2.75, 3.05) is 18.1 Å². The van der Waals surface area contributed by atoms with Crippen molar-refractivity contribution < 1.29 is 27.5 Å². The summed E-state index contributed by atoms with van der Waals surface area (Å²) < 4.78 is 34.8. The quantitative estimate of drug-likeness (QED) is 0.609. The van der Waals surface area contributed by atoms with E-state index in [0.717, 1.165) is 37.7 Å². The van der Waals surface area contributed by atoms with E-state index in [-0.39, 0.29) is 29.5 Å². The molecule has 7 nitrogen and oxygen atoms in total. The summed E-state index contributed by atoms with van der Waals surface area (Å²) in [7, 11) is -3.12. The summed E-state index contributed by atoms with van der Waals surface area (Å²) in [5.41, 5.74) is 1.08. The maximum Gasteiger partial charge on any atom is 0.347 e. The Morgan fingerprint density at radius 1 is 1.07 bits per heavy atom.